The number of hydrogen-bond acceptors (Lipinski definition) is 3. The molecule has 1 aromatic rings. The maximum absolute atomic E-state index is 13.2. The number of carbonyl (C=O) groups excluding carboxylic acids is 2. The fourth-order valence-corrected chi connectivity index (χ4v) is 2.08. The Balaban J connectivity index is 2.18. The minimum Gasteiger partial charge on any atom is -0.478 e. The van der Waals surface area contributed by atoms with Crippen LogP contribution in [0, 0.1) is 11.7 Å². The van der Waals surface area contributed by atoms with E-state index in [0.717, 1.165) is 18.2 Å². The van der Waals surface area contributed by atoms with Crippen molar-refractivity contribution in [2.45, 2.75) is 6.42 Å². The second kappa shape index (κ2) is 5.28. The lowest BCUT2D eigenvalue weighted by Crippen LogP contribution is -2.26. The first-order valence-electron chi connectivity index (χ1n) is 5.96. The minimum absolute atomic E-state index is 0.0695. The number of hydrogen-bond donors (Lipinski definition) is 2. The number of carbonyl (C=O) groups is 3. The molecule has 0 saturated carbocycles. The standard InChI is InChI=1S/C13H13FN2O4/c1-16-6-7(4-11(16)17)12(18)15-10-5-8(14)2-3-9(10)13(19)20/h2-3,5,7H,4,6H2,1H3,(H,15,18)(H,19,20). The van der Waals surface area contributed by atoms with E-state index in [1.54, 1.807) is 7.05 Å². The normalized spacial score (nSPS) is 18.2. The predicted octanol–water partition coefficient (Wildman–Crippen LogP) is 0.941. The molecule has 0 radical (unpaired) electrons. The third-order valence-electron chi connectivity index (χ3n) is 3.18. The van der Waals surface area contributed by atoms with Gasteiger partial charge in [-0.25, -0.2) is 9.18 Å². The number of halogens is 1. The molecule has 2 amide bonds. The molecule has 106 valence electrons. The summed E-state index contributed by atoms with van der Waals surface area (Å²) in [5, 5.41) is 11.4. The van der Waals surface area contributed by atoms with E-state index in [2.05, 4.69) is 5.32 Å². The van der Waals surface area contributed by atoms with Crippen LogP contribution in [0.2, 0.25) is 0 Å². The number of anilines is 1. The van der Waals surface area contributed by atoms with Crippen LogP contribution in [-0.2, 0) is 9.59 Å². The average molecular weight is 280 g/mol. The first-order valence-corrected chi connectivity index (χ1v) is 5.96. The van der Waals surface area contributed by atoms with Crippen LogP contribution in [0.4, 0.5) is 10.1 Å². The maximum atomic E-state index is 13.2. The first-order chi connectivity index (χ1) is 9.38. The molecule has 1 aliphatic rings. The summed E-state index contributed by atoms with van der Waals surface area (Å²) in [7, 11) is 1.58. The lowest BCUT2D eigenvalue weighted by Gasteiger charge is -2.12. The second-order valence-electron chi connectivity index (χ2n) is 4.66. The molecule has 20 heavy (non-hydrogen) atoms. The molecule has 1 unspecified atom stereocenters. The highest BCUT2D eigenvalue weighted by Crippen LogP contribution is 2.21. The van der Waals surface area contributed by atoms with Crippen LogP contribution < -0.4 is 5.32 Å². The summed E-state index contributed by atoms with van der Waals surface area (Å²) in [6.07, 6.45) is 0.0695. The topological polar surface area (TPSA) is 86.7 Å². The number of nitrogens with zero attached hydrogens (tertiary/aromatic N) is 1. The average Bonchev–Trinajstić information content (AvgIpc) is 2.69. The van der Waals surface area contributed by atoms with Crippen molar-refractivity contribution < 1.29 is 23.9 Å². The number of likely N-dealkylation sites (tertiary alicyclic amines) is 1. The van der Waals surface area contributed by atoms with Gasteiger partial charge in [-0.15, -0.1) is 0 Å². The molecule has 1 aliphatic heterocycles. The van der Waals surface area contributed by atoms with E-state index in [1.807, 2.05) is 0 Å². The Labute approximate surface area is 114 Å². The minimum atomic E-state index is -1.26. The number of nitrogens with one attached hydrogen (secondary N) is 1. The Morgan fingerprint density at radius 3 is 2.70 bits per heavy atom. The van der Waals surface area contributed by atoms with Gasteiger partial charge in [-0.2, -0.15) is 0 Å². The molecular weight excluding hydrogens is 267 g/mol. The molecule has 0 spiro atoms. The van der Waals surface area contributed by atoms with E-state index in [9.17, 15) is 18.8 Å². The zero-order valence-corrected chi connectivity index (χ0v) is 10.7. The van der Waals surface area contributed by atoms with Crippen molar-refractivity contribution in [3.8, 4) is 0 Å². The van der Waals surface area contributed by atoms with Gasteiger partial charge in [0.15, 0.2) is 0 Å². The monoisotopic (exact) mass is 280 g/mol. The first kappa shape index (κ1) is 14.0. The Bertz CT molecular complexity index is 588. The molecule has 7 heteroatoms. The van der Waals surface area contributed by atoms with Crippen LogP contribution in [0.15, 0.2) is 18.2 Å². The SMILES string of the molecule is CN1CC(C(=O)Nc2cc(F)ccc2C(=O)O)CC1=O. The van der Waals surface area contributed by atoms with Gasteiger partial charge >= 0.3 is 5.97 Å². The molecule has 0 bridgehead atoms. The summed E-state index contributed by atoms with van der Waals surface area (Å²) in [6, 6.07) is 3.03. The number of aromatic carboxylic acids is 1. The van der Waals surface area contributed by atoms with Gasteiger partial charge < -0.3 is 15.3 Å². The van der Waals surface area contributed by atoms with E-state index in [0.29, 0.717) is 0 Å². The molecule has 1 fully saturated rings. The van der Waals surface area contributed by atoms with E-state index < -0.39 is 23.6 Å². The van der Waals surface area contributed by atoms with Gasteiger partial charge in [-0.1, -0.05) is 0 Å². The Kier molecular flexibility index (Phi) is 3.69. The fourth-order valence-electron chi connectivity index (χ4n) is 2.08. The van der Waals surface area contributed by atoms with E-state index in [-0.39, 0.29) is 30.1 Å². The van der Waals surface area contributed by atoms with Crippen LogP contribution in [-0.4, -0.2) is 41.4 Å². The molecule has 2 rings (SSSR count). The van der Waals surface area contributed by atoms with Gasteiger partial charge in [0.1, 0.15) is 5.82 Å². The largest absolute Gasteiger partial charge is 0.478 e. The number of carboxylic acid groups (broad SMARTS) is 1. The summed E-state index contributed by atoms with van der Waals surface area (Å²) >= 11 is 0. The summed E-state index contributed by atoms with van der Waals surface area (Å²) in [4.78, 5) is 35.8. The molecule has 1 saturated heterocycles. The number of benzene rings is 1. The fraction of sp³-hybridized carbons (Fsp3) is 0.308. The molecule has 0 aliphatic carbocycles. The molecule has 6 nitrogen and oxygen atoms in total. The Hall–Kier alpha value is -2.44. The van der Waals surface area contributed by atoms with Crippen LogP contribution in [0.3, 0.4) is 0 Å². The van der Waals surface area contributed by atoms with E-state index in [1.165, 1.54) is 4.90 Å². The van der Waals surface area contributed by atoms with Crippen molar-refractivity contribution in [3.63, 3.8) is 0 Å². The Morgan fingerprint density at radius 2 is 2.15 bits per heavy atom. The van der Waals surface area contributed by atoms with Crippen molar-refractivity contribution in [2.75, 3.05) is 18.9 Å². The zero-order valence-electron chi connectivity index (χ0n) is 10.7. The zero-order chi connectivity index (χ0) is 14.9. The highest BCUT2D eigenvalue weighted by molar-refractivity contribution is 6.02. The quantitative estimate of drug-likeness (QED) is 0.862. The summed E-state index contributed by atoms with van der Waals surface area (Å²) < 4.78 is 13.2. The van der Waals surface area contributed by atoms with Gasteiger partial charge in [-0.05, 0) is 18.2 Å². The van der Waals surface area contributed by atoms with Gasteiger partial charge in [0.05, 0.1) is 17.2 Å². The van der Waals surface area contributed by atoms with Crippen molar-refractivity contribution >= 4 is 23.5 Å². The van der Waals surface area contributed by atoms with E-state index in [4.69, 9.17) is 5.11 Å². The van der Waals surface area contributed by atoms with Crippen molar-refractivity contribution in [1.29, 1.82) is 0 Å². The van der Waals surface area contributed by atoms with Crippen molar-refractivity contribution in [1.82, 2.24) is 4.90 Å². The van der Waals surface area contributed by atoms with Gasteiger partial charge in [0, 0.05) is 20.0 Å². The van der Waals surface area contributed by atoms with Gasteiger partial charge in [0.2, 0.25) is 11.8 Å². The van der Waals surface area contributed by atoms with Gasteiger partial charge in [-0.3, -0.25) is 9.59 Å². The smallest absolute Gasteiger partial charge is 0.337 e. The Morgan fingerprint density at radius 1 is 1.45 bits per heavy atom. The van der Waals surface area contributed by atoms with Crippen LogP contribution in [0.1, 0.15) is 16.8 Å². The highest BCUT2D eigenvalue weighted by atomic mass is 19.1. The second-order valence-corrected chi connectivity index (χ2v) is 4.66. The number of amides is 2. The molecule has 2 N–H and O–H groups in total. The van der Waals surface area contributed by atoms with Crippen LogP contribution in [0.5, 0.6) is 0 Å². The van der Waals surface area contributed by atoms with E-state index >= 15 is 0 Å². The van der Waals surface area contributed by atoms with Crippen molar-refractivity contribution in [2.24, 2.45) is 5.92 Å². The molecule has 1 aromatic carbocycles. The molecule has 1 atom stereocenters. The molecule has 1 heterocycles. The third-order valence-corrected chi connectivity index (χ3v) is 3.18. The van der Waals surface area contributed by atoms with Crippen molar-refractivity contribution in [3.05, 3.63) is 29.6 Å². The summed E-state index contributed by atoms with van der Waals surface area (Å²) in [6.45, 7) is 0.266. The van der Waals surface area contributed by atoms with Crippen LogP contribution in [0.25, 0.3) is 0 Å². The molecule has 0 aromatic heterocycles. The highest BCUT2D eigenvalue weighted by Gasteiger charge is 2.32. The van der Waals surface area contributed by atoms with Gasteiger partial charge in [0.25, 0.3) is 0 Å². The maximum Gasteiger partial charge on any atom is 0.337 e. The molecular formula is C13H13FN2O4. The number of carboxylic acids is 1. The predicted molar refractivity (Wildman–Crippen MR) is 67.7 cm³/mol. The third kappa shape index (κ3) is 2.76. The van der Waals surface area contributed by atoms with Crippen LogP contribution >= 0.6 is 0 Å². The summed E-state index contributed by atoms with van der Waals surface area (Å²) in [5.41, 5.74) is -0.304. The lowest BCUT2D eigenvalue weighted by atomic mass is 10.1. The number of rotatable bonds is 3. The summed E-state index contributed by atoms with van der Waals surface area (Å²) in [5.74, 6) is -3.11. The lowest BCUT2D eigenvalue weighted by molar-refractivity contribution is -0.127.